The molecule has 0 radical (unpaired) electrons. The molecule has 0 amide bonds. The van der Waals surface area contributed by atoms with Gasteiger partial charge in [-0.05, 0) is 60.1 Å². The number of rotatable bonds is 6. The topological polar surface area (TPSA) is 49.9 Å². The molecule has 34 heavy (non-hydrogen) atoms. The van der Waals surface area contributed by atoms with Gasteiger partial charge in [-0.2, -0.15) is 4.31 Å². The van der Waals surface area contributed by atoms with Crippen molar-refractivity contribution >= 4 is 10.0 Å². The lowest BCUT2D eigenvalue weighted by molar-refractivity contribution is 0.155. The van der Waals surface area contributed by atoms with Crippen LogP contribution in [0.2, 0.25) is 0 Å². The zero-order valence-electron chi connectivity index (χ0n) is 19.7. The first kappa shape index (κ1) is 23.1. The minimum Gasteiger partial charge on any atom is -0.495 e. The van der Waals surface area contributed by atoms with E-state index in [2.05, 4.69) is 53.4 Å². The van der Waals surface area contributed by atoms with Crippen LogP contribution in [0.5, 0.6) is 5.75 Å². The quantitative estimate of drug-likeness (QED) is 0.519. The summed E-state index contributed by atoms with van der Waals surface area (Å²) in [5.41, 5.74) is 4.82. The van der Waals surface area contributed by atoms with E-state index in [0.717, 1.165) is 31.2 Å². The van der Waals surface area contributed by atoms with Crippen LogP contribution in [0.25, 0.3) is 0 Å². The Morgan fingerprint density at radius 2 is 1.29 bits per heavy atom. The molecule has 1 aliphatic carbocycles. The molecular formula is C28H32N2O3S. The fourth-order valence-electron chi connectivity index (χ4n) is 5.33. The smallest absolute Gasteiger partial charge is 0.246 e. The molecule has 6 heteroatoms. The van der Waals surface area contributed by atoms with Gasteiger partial charge in [-0.15, -0.1) is 0 Å². The number of fused-ring (bicyclic) bond motifs is 1. The summed E-state index contributed by atoms with van der Waals surface area (Å²) < 4.78 is 34.6. The van der Waals surface area contributed by atoms with Gasteiger partial charge in [-0.3, -0.25) is 4.90 Å². The van der Waals surface area contributed by atoms with Crippen molar-refractivity contribution in [2.75, 3.05) is 33.3 Å². The standard InChI is InChI=1S/C28H32N2O3S/c1-33-26-20-24-14-8-9-15-25(24)21-27(26)34(31,32)30-18-16-29(17-19-30)28(22-10-4-2-5-11-22)23-12-6-3-7-13-23/h2-7,10-13,20-21,28H,8-9,14-19H2,1H3. The normalized spacial score (nSPS) is 17.5. The predicted molar refractivity (Wildman–Crippen MR) is 135 cm³/mol. The van der Waals surface area contributed by atoms with E-state index in [-0.39, 0.29) is 6.04 Å². The lowest BCUT2D eigenvalue weighted by Gasteiger charge is -2.39. The van der Waals surface area contributed by atoms with E-state index in [4.69, 9.17) is 4.74 Å². The number of aryl methyl sites for hydroxylation is 2. The minimum atomic E-state index is -3.63. The molecular weight excluding hydrogens is 444 g/mol. The first-order chi connectivity index (χ1) is 16.6. The van der Waals surface area contributed by atoms with Crippen LogP contribution in [0.3, 0.4) is 0 Å². The van der Waals surface area contributed by atoms with E-state index in [1.165, 1.54) is 16.7 Å². The van der Waals surface area contributed by atoms with Gasteiger partial charge in [-0.25, -0.2) is 8.42 Å². The predicted octanol–water partition coefficient (Wildman–Crippen LogP) is 4.67. The van der Waals surface area contributed by atoms with Gasteiger partial charge in [0.05, 0.1) is 13.2 Å². The van der Waals surface area contributed by atoms with Crippen LogP contribution in [0.15, 0.2) is 77.7 Å². The zero-order valence-corrected chi connectivity index (χ0v) is 20.5. The Labute approximate surface area is 203 Å². The third-order valence-electron chi connectivity index (χ3n) is 7.11. The van der Waals surface area contributed by atoms with Crippen molar-refractivity contribution in [1.29, 1.82) is 0 Å². The van der Waals surface area contributed by atoms with E-state index in [1.807, 2.05) is 24.3 Å². The SMILES string of the molecule is COc1cc2c(cc1S(=O)(=O)N1CCN(C(c3ccccc3)c3ccccc3)CC1)CCCC2. The Morgan fingerprint density at radius 3 is 1.82 bits per heavy atom. The first-order valence-electron chi connectivity index (χ1n) is 12.1. The first-order valence-corrected chi connectivity index (χ1v) is 13.6. The van der Waals surface area contributed by atoms with Gasteiger partial charge < -0.3 is 4.74 Å². The average molecular weight is 477 g/mol. The average Bonchev–Trinajstić information content (AvgIpc) is 2.89. The summed E-state index contributed by atoms with van der Waals surface area (Å²) in [6, 6.07) is 24.8. The van der Waals surface area contributed by atoms with Crippen LogP contribution in [0.1, 0.15) is 41.1 Å². The third kappa shape index (κ3) is 4.50. The second kappa shape index (κ2) is 9.90. The van der Waals surface area contributed by atoms with Crippen LogP contribution in [0, 0.1) is 0 Å². The van der Waals surface area contributed by atoms with Gasteiger partial charge in [-0.1, -0.05) is 60.7 Å². The van der Waals surface area contributed by atoms with Crippen LogP contribution in [-0.4, -0.2) is 50.9 Å². The number of hydrogen-bond donors (Lipinski definition) is 0. The van der Waals surface area contributed by atoms with Crippen molar-refractivity contribution in [1.82, 2.24) is 9.21 Å². The highest BCUT2D eigenvalue weighted by molar-refractivity contribution is 7.89. The molecule has 1 heterocycles. The second-order valence-electron chi connectivity index (χ2n) is 9.14. The second-order valence-corrected chi connectivity index (χ2v) is 11.0. The summed E-state index contributed by atoms with van der Waals surface area (Å²) >= 11 is 0. The Balaban J connectivity index is 1.39. The van der Waals surface area contributed by atoms with Gasteiger partial charge in [0.25, 0.3) is 0 Å². The zero-order chi connectivity index (χ0) is 23.5. The molecule has 0 saturated carbocycles. The number of ether oxygens (including phenoxy) is 1. The molecule has 1 saturated heterocycles. The van der Waals surface area contributed by atoms with Crippen molar-refractivity contribution in [3.63, 3.8) is 0 Å². The number of hydrogen-bond acceptors (Lipinski definition) is 4. The van der Waals surface area contributed by atoms with Gasteiger partial charge >= 0.3 is 0 Å². The highest BCUT2D eigenvalue weighted by atomic mass is 32.2. The summed E-state index contributed by atoms with van der Waals surface area (Å²) in [4.78, 5) is 2.70. The van der Waals surface area contributed by atoms with Crippen LogP contribution in [-0.2, 0) is 22.9 Å². The molecule has 1 fully saturated rings. The summed E-state index contributed by atoms with van der Waals surface area (Å²) in [6.45, 7) is 2.25. The fourth-order valence-corrected chi connectivity index (χ4v) is 6.94. The van der Waals surface area contributed by atoms with E-state index >= 15 is 0 Å². The molecule has 0 aromatic heterocycles. The molecule has 0 spiro atoms. The number of methoxy groups -OCH3 is 1. The summed E-state index contributed by atoms with van der Waals surface area (Å²) in [6.07, 6.45) is 4.18. The number of nitrogens with zero attached hydrogens (tertiary/aromatic N) is 2. The number of sulfonamides is 1. The summed E-state index contributed by atoms with van der Waals surface area (Å²) in [7, 11) is -2.07. The molecule has 3 aromatic rings. The highest BCUT2D eigenvalue weighted by Gasteiger charge is 2.34. The van der Waals surface area contributed by atoms with Crippen molar-refractivity contribution < 1.29 is 13.2 Å². The Hall–Kier alpha value is -2.67. The molecule has 0 N–H and O–H groups in total. The molecule has 3 aromatic carbocycles. The maximum absolute atomic E-state index is 13.7. The van der Waals surface area contributed by atoms with Gasteiger partial charge in [0, 0.05) is 26.2 Å². The van der Waals surface area contributed by atoms with E-state index in [9.17, 15) is 8.42 Å². The molecule has 0 bridgehead atoms. The number of benzene rings is 3. The number of piperazine rings is 1. The summed E-state index contributed by atoms with van der Waals surface area (Å²) in [5, 5.41) is 0. The molecule has 2 aliphatic rings. The van der Waals surface area contributed by atoms with E-state index < -0.39 is 10.0 Å². The van der Waals surface area contributed by atoms with E-state index in [1.54, 1.807) is 11.4 Å². The lowest BCUT2D eigenvalue weighted by Crippen LogP contribution is -2.49. The fraction of sp³-hybridized carbons (Fsp3) is 0.357. The highest BCUT2D eigenvalue weighted by Crippen LogP contribution is 2.35. The molecule has 5 nitrogen and oxygen atoms in total. The van der Waals surface area contributed by atoms with Gasteiger partial charge in [0.15, 0.2) is 0 Å². The Morgan fingerprint density at radius 1 is 0.765 bits per heavy atom. The van der Waals surface area contributed by atoms with Crippen molar-refractivity contribution in [3.05, 3.63) is 95.1 Å². The maximum atomic E-state index is 13.7. The Bertz CT molecular complexity index is 1180. The van der Waals surface area contributed by atoms with Crippen molar-refractivity contribution in [2.45, 2.75) is 36.6 Å². The lowest BCUT2D eigenvalue weighted by atomic mass is 9.92. The van der Waals surface area contributed by atoms with Crippen LogP contribution >= 0.6 is 0 Å². The largest absolute Gasteiger partial charge is 0.495 e. The van der Waals surface area contributed by atoms with E-state index in [0.29, 0.717) is 36.8 Å². The maximum Gasteiger partial charge on any atom is 0.246 e. The molecule has 0 unspecified atom stereocenters. The molecule has 178 valence electrons. The van der Waals surface area contributed by atoms with Crippen molar-refractivity contribution in [3.8, 4) is 5.75 Å². The Kier molecular flexibility index (Phi) is 6.73. The van der Waals surface area contributed by atoms with Crippen LogP contribution < -0.4 is 4.74 Å². The van der Waals surface area contributed by atoms with Crippen molar-refractivity contribution in [2.24, 2.45) is 0 Å². The summed E-state index contributed by atoms with van der Waals surface area (Å²) in [5.74, 6) is 0.467. The van der Waals surface area contributed by atoms with Gasteiger partial charge in [0.2, 0.25) is 10.0 Å². The minimum absolute atomic E-state index is 0.102. The van der Waals surface area contributed by atoms with Crippen LogP contribution in [0.4, 0.5) is 0 Å². The monoisotopic (exact) mass is 476 g/mol. The molecule has 1 aliphatic heterocycles. The van der Waals surface area contributed by atoms with Gasteiger partial charge in [0.1, 0.15) is 10.6 Å². The third-order valence-corrected chi connectivity index (χ3v) is 9.03. The molecule has 0 atom stereocenters. The molecule has 5 rings (SSSR count).